The monoisotopic (exact) mass is 307 g/mol. The number of hydrogen-bond donors (Lipinski definition) is 0. The summed E-state index contributed by atoms with van der Waals surface area (Å²) in [7, 11) is 0. The third-order valence-electron chi connectivity index (χ3n) is 1.33. The molecule has 0 saturated carbocycles. The minimum atomic E-state index is -0.380. The van der Waals surface area contributed by atoms with E-state index >= 15 is 0 Å². The highest BCUT2D eigenvalue weighted by molar-refractivity contribution is 9.11. The molecule has 0 aliphatic heterocycles. The lowest BCUT2D eigenvalue weighted by Gasteiger charge is -2.04. The molecule has 0 saturated heterocycles. The average Bonchev–Trinajstić information content (AvgIpc) is 2.04. The first kappa shape index (κ1) is 10.7. The molecule has 0 radical (unpaired) electrons. The first-order chi connectivity index (χ1) is 6.16. The SMILES string of the molecule is CCOC(=O)c1c(Br)ccnc1Br. The molecule has 3 nitrogen and oxygen atoms in total. The Kier molecular flexibility index (Phi) is 3.87. The molecule has 1 aromatic heterocycles. The van der Waals surface area contributed by atoms with E-state index in [0.29, 0.717) is 21.2 Å². The number of carbonyl (C=O) groups is 1. The van der Waals surface area contributed by atoms with E-state index in [1.807, 2.05) is 0 Å². The number of nitrogens with zero attached hydrogens (tertiary/aromatic N) is 1. The van der Waals surface area contributed by atoms with Gasteiger partial charge < -0.3 is 4.74 Å². The Morgan fingerprint density at radius 1 is 1.62 bits per heavy atom. The molecule has 0 atom stereocenters. The molecule has 0 aliphatic carbocycles. The van der Waals surface area contributed by atoms with Gasteiger partial charge in [0.05, 0.1) is 6.61 Å². The van der Waals surface area contributed by atoms with Crippen LogP contribution in [-0.2, 0) is 4.74 Å². The lowest BCUT2D eigenvalue weighted by Crippen LogP contribution is -2.07. The van der Waals surface area contributed by atoms with Crippen molar-refractivity contribution in [3.05, 3.63) is 26.9 Å². The van der Waals surface area contributed by atoms with Crippen LogP contribution in [0.15, 0.2) is 21.3 Å². The van der Waals surface area contributed by atoms with Gasteiger partial charge in [-0.05, 0) is 44.8 Å². The van der Waals surface area contributed by atoms with Gasteiger partial charge in [-0.25, -0.2) is 9.78 Å². The smallest absolute Gasteiger partial charge is 0.342 e. The average molecular weight is 309 g/mol. The van der Waals surface area contributed by atoms with Gasteiger partial charge in [-0.2, -0.15) is 0 Å². The van der Waals surface area contributed by atoms with E-state index < -0.39 is 0 Å². The fourth-order valence-electron chi connectivity index (χ4n) is 0.800. The van der Waals surface area contributed by atoms with Crippen LogP contribution in [0.2, 0.25) is 0 Å². The molecular formula is C8H7Br2NO2. The van der Waals surface area contributed by atoms with Crippen molar-refractivity contribution in [2.45, 2.75) is 6.92 Å². The van der Waals surface area contributed by atoms with E-state index in [1.165, 1.54) is 0 Å². The van der Waals surface area contributed by atoms with Crippen LogP contribution >= 0.6 is 31.9 Å². The Morgan fingerprint density at radius 3 is 2.85 bits per heavy atom. The fraction of sp³-hybridized carbons (Fsp3) is 0.250. The quantitative estimate of drug-likeness (QED) is 0.623. The van der Waals surface area contributed by atoms with Crippen molar-refractivity contribution in [2.24, 2.45) is 0 Å². The molecule has 0 aromatic carbocycles. The number of carbonyl (C=O) groups excluding carboxylic acids is 1. The predicted molar refractivity (Wildman–Crippen MR) is 55.6 cm³/mol. The van der Waals surface area contributed by atoms with Crippen molar-refractivity contribution < 1.29 is 9.53 Å². The number of ether oxygens (including phenoxy) is 1. The molecule has 1 aromatic rings. The van der Waals surface area contributed by atoms with E-state index in [1.54, 1.807) is 19.2 Å². The van der Waals surface area contributed by atoms with Gasteiger partial charge in [0.2, 0.25) is 0 Å². The molecule has 0 spiro atoms. The largest absolute Gasteiger partial charge is 0.462 e. The van der Waals surface area contributed by atoms with Gasteiger partial charge in [-0.1, -0.05) is 0 Å². The number of halogens is 2. The van der Waals surface area contributed by atoms with Gasteiger partial charge in [-0.15, -0.1) is 0 Å². The third-order valence-corrected chi connectivity index (χ3v) is 2.60. The molecule has 13 heavy (non-hydrogen) atoms. The summed E-state index contributed by atoms with van der Waals surface area (Å²) in [6.07, 6.45) is 1.59. The second kappa shape index (κ2) is 4.72. The van der Waals surface area contributed by atoms with Crippen LogP contribution in [0.25, 0.3) is 0 Å². The maximum absolute atomic E-state index is 11.4. The summed E-state index contributed by atoms with van der Waals surface area (Å²) in [5.41, 5.74) is 0.421. The van der Waals surface area contributed by atoms with Crippen LogP contribution in [0.1, 0.15) is 17.3 Å². The molecular weight excluding hydrogens is 302 g/mol. The van der Waals surface area contributed by atoms with Crippen molar-refractivity contribution >= 4 is 37.8 Å². The fourth-order valence-corrected chi connectivity index (χ4v) is 2.03. The van der Waals surface area contributed by atoms with Gasteiger partial charge >= 0.3 is 5.97 Å². The van der Waals surface area contributed by atoms with Crippen molar-refractivity contribution in [2.75, 3.05) is 6.61 Å². The minimum absolute atomic E-state index is 0.354. The molecule has 0 bridgehead atoms. The molecule has 0 fully saturated rings. The number of aromatic nitrogens is 1. The van der Waals surface area contributed by atoms with Crippen LogP contribution in [-0.4, -0.2) is 17.6 Å². The van der Waals surface area contributed by atoms with Crippen LogP contribution in [0.3, 0.4) is 0 Å². The summed E-state index contributed by atoms with van der Waals surface area (Å²) >= 11 is 6.42. The van der Waals surface area contributed by atoms with Crippen molar-refractivity contribution in [1.29, 1.82) is 0 Å². The zero-order valence-corrected chi connectivity index (χ0v) is 10.1. The van der Waals surface area contributed by atoms with Gasteiger partial charge in [0.15, 0.2) is 0 Å². The number of pyridine rings is 1. The molecule has 0 N–H and O–H groups in total. The number of rotatable bonds is 2. The topological polar surface area (TPSA) is 39.2 Å². The highest BCUT2D eigenvalue weighted by atomic mass is 79.9. The first-order valence-corrected chi connectivity index (χ1v) is 5.22. The maximum atomic E-state index is 11.4. The molecule has 0 amide bonds. The van der Waals surface area contributed by atoms with E-state index in [4.69, 9.17) is 4.74 Å². The minimum Gasteiger partial charge on any atom is -0.462 e. The Morgan fingerprint density at radius 2 is 2.31 bits per heavy atom. The van der Waals surface area contributed by atoms with Crippen LogP contribution < -0.4 is 0 Å². The zero-order chi connectivity index (χ0) is 9.84. The third kappa shape index (κ3) is 2.51. The summed E-state index contributed by atoms with van der Waals surface area (Å²) in [6.45, 7) is 2.11. The number of esters is 1. The lowest BCUT2D eigenvalue weighted by atomic mass is 10.3. The predicted octanol–water partition coefficient (Wildman–Crippen LogP) is 2.78. The molecule has 5 heteroatoms. The second-order valence-electron chi connectivity index (χ2n) is 2.18. The van der Waals surface area contributed by atoms with Crippen LogP contribution in [0, 0.1) is 0 Å². The highest BCUT2D eigenvalue weighted by Crippen LogP contribution is 2.23. The standard InChI is InChI=1S/C8H7Br2NO2/c1-2-13-8(12)6-5(9)3-4-11-7(6)10/h3-4H,2H2,1H3. The highest BCUT2D eigenvalue weighted by Gasteiger charge is 2.15. The summed E-state index contributed by atoms with van der Waals surface area (Å²) in [5, 5.41) is 0. The first-order valence-electron chi connectivity index (χ1n) is 3.64. The van der Waals surface area contributed by atoms with E-state index in [-0.39, 0.29) is 5.97 Å². The summed E-state index contributed by atoms with van der Waals surface area (Å²) in [4.78, 5) is 15.3. The van der Waals surface area contributed by atoms with Gasteiger partial charge in [-0.3, -0.25) is 0 Å². The van der Waals surface area contributed by atoms with E-state index in [0.717, 1.165) is 0 Å². The zero-order valence-electron chi connectivity index (χ0n) is 6.88. The molecule has 0 unspecified atom stereocenters. The van der Waals surface area contributed by atoms with Crippen LogP contribution in [0.4, 0.5) is 0 Å². The Labute approximate surface area is 92.8 Å². The normalized spacial score (nSPS) is 9.77. The van der Waals surface area contributed by atoms with Crippen molar-refractivity contribution in [3.8, 4) is 0 Å². The summed E-state index contributed by atoms with van der Waals surface area (Å²) in [5.74, 6) is -0.380. The summed E-state index contributed by atoms with van der Waals surface area (Å²) in [6, 6.07) is 1.69. The van der Waals surface area contributed by atoms with Gasteiger partial charge in [0.1, 0.15) is 10.2 Å². The second-order valence-corrected chi connectivity index (χ2v) is 3.78. The van der Waals surface area contributed by atoms with Crippen LogP contribution in [0.5, 0.6) is 0 Å². The van der Waals surface area contributed by atoms with Gasteiger partial charge in [0, 0.05) is 10.7 Å². The Balaban J connectivity index is 3.05. The van der Waals surface area contributed by atoms with Gasteiger partial charge in [0.25, 0.3) is 0 Å². The molecule has 1 rings (SSSR count). The number of hydrogen-bond acceptors (Lipinski definition) is 3. The van der Waals surface area contributed by atoms with Crippen molar-refractivity contribution in [1.82, 2.24) is 4.98 Å². The Hall–Kier alpha value is -0.420. The lowest BCUT2D eigenvalue weighted by molar-refractivity contribution is 0.0523. The summed E-state index contributed by atoms with van der Waals surface area (Å²) < 4.78 is 6.01. The van der Waals surface area contributed by atoms with Crippen molar-refractivity contribution in [3.63, 3.8) is 0 Å². The molecule has 1 heterocycles. The maximum Gasteiger partial charge on any atom is 0.342 e. The Bertz CT molecular complexity index is 308. The van der Waals surface area contributed by atoms with E-state index in [9.17, 15) is 4.79 Å². The molecule has 70 valence electrons. The van der Waals surface area contributed by atoms with E-state index in [2.05, 4.69) is 36.8 Å². The molecule has 0 aliphatic rings.